The summed E-state index contributed by atoms with van der Waals surface area (Å²) in [4.78, 5) is 2.65. The molecule has 2 aliphatic rings. The van der Waals surface area contributed by atoms with Gasteiger partial charge in [-0.3, -0.25) is 0 Å². The van der Waals surface area contributed by atoms with E-state index in [9.17, 15) is 0 Å². The molecule has 2 fully saturated rings. The van der Waals surface area contributed by atoms with Crippen molar-refractivity contribution >= 4 is 11.6 Å². The van der Waals surface area contributed by atoms with Gasteiger partial charge in [-0.15, -0.1) is 0 Å². The van der Waals surface area contributed by atoms with Gasteiger partial charge >= 0.3 is 0 Å². The predicted octanol–water partition coefficient (Wildman–Crippen LogP) is 2.94. The van der Waals surface area contributed by atoms with Crippen LogP contribution in [-0.2, 0) is 0 Å². The van der Waals surface area contributed by atoms with Gasteiger partial charge in [0, 0.05) is 18.6 Å². The van der Waals surface area contributed by atoms with Crippen LogP contribution in [0.25, 0.3) is 0 Å². The average molecular weight is 295 g/mol. The number of nitrogens with zero attached hydrogens (tertiary/aromatic N) is 1. The van der Waals surface area contributed by atoms with Crippen LogP contribution in [0.5, 0.6) is 5.75 Å². The quantitative estimate of drug-likeness (QED) is 0.845. The molecule has 1 aromatic rings. The third-order valence-electron chi connectivity index (χ3n) is 4.45. The fraction of sp³-hybridized carbons (Fsp3) is 0.625. The zero-order valence-electron chi connectivity index (χ0n) is 11.9. The van der Waals surface area contributed by atoms with Crippen LogP contribution in [0.2, 0.25) is 5.02 Å². The van der Waals surface area contributed by atoms with Gasteiger partial charge in [0.2, 0.25) is 0 Å². The van der Waals surface area contributed by atoms with E-state index >= 15 is 0 Å². The molecule has 2 atom stereocenters. The number of ether oxygens (including phenoxy) is 1. The highest BCUT2D eigenvalue weighted by Gasteiger charge is 2.31. The second-order valence-corrected chi connectivity index (χ2v) is 6.19. The second kappa shape index (κ2) is 6.79. The van der Waals surface area contributed by atoms with Crippen LogP contribution in [0.4, 0.5) is 0 Å². The van der Waals surface area contributed by atoms with Crippen molar-refractivity contribution in [2.24, 2.45) is 0 Å². The maximum Gasteiger partial charge on any atom is 0.137 e. The molecule has 3 rings (SSSR count). The summed E-state index contributed by atoms with van der Waals surface area (Å²) in [5.41, 5.74) is 0. The first-order valence-corrected chi connectivity index (χ1v) is 8.05. The number of fused-ring (bicyclic) bond motifs is 1. The molecular weight excluding hydrogens is 272 g/mol. The number of nitrogens with one attached hydrogen (secondary N) is 1. The Morgan fingerprint density at radius 1 is 1.25 bits per heavy atom. The van der Waals surface area contributed by atoms with E-state index in [1.165, 1.54) is 38.8 Å². The molecule has 3 nitrogen and oxygen atoms in total. The van der Waals surface area contributed by atoms with E-state index in [2.05, 4.69) is 10.2 Å². The van der Waals surface area contributed by atoms with Crippen LogP contribution in [0.1, 0.15) is 25.7 Å². The minimum absolute atomic E-state index is 0.657. The first-order valence-electron chi connectivity index (χ1n) is 7.68. The zero-order chi connectivity index (χ0) is 13.8. The number of para-hydroxylation sites is 1. The molecule has 1 N–H and O–H groups in total. The zero-order valence-corrected chi connectivity index (χ0v) is 12.6. The van der Waals surface area contributed by atoms with Crippen molar-refractivity contribution in [1.82, 2.24) is 10.2 Å². The Bertz CT molecular complexity index is 440. The maximum atomic E-state index is 6.06. The Balaban J connectivity index is 1.37. The third kappa shape index (κ3) is 3.46. The lowest BCUT2D eigenvalue weighted by atomic mass is 9.98. The van der Waals surface area contributed by atoms with Crippen molar-refractivity contribution < 1.29 is 4.74 Å². The van der Waals surface area contributed by atoms with E-state index in [1.807, 2.05) is 24.3 Å². The molecule has 0 aromatic heterocycles. The van der Waals surface area contributed by atoms with Gasteiger partial charge in [-0.1, -0.05) is 23.7 Å². The summed E-state index contributed by atoms with van der Waals surface area (Å²) in [6.45, 7) is 4.14. The predicted molar refractivity (Wildman–Crippen MR) is 82.6 cm³/mol. The molecule has 2 heterocycles. The van der Waals surface area contributed by atoms with Crippen LogP contribution in [0.15, 0.2) is 24.3 Å². The number of halogens is 1. The molecule has 0 unspecified atom stereocenters. The third-order valence-corrected chi connectivity index (χ3v) is 4.76. The molecule has 0 saturated carbocycles. The average Bonchev–Trinajstić information content (AvgIpc) is 2.93. The van der Waals surface area contributed by atoms with Gasteiger partial charge in [0.05, 0.1) is 5.02 Å². The lowest BCUT2D eigenvalue weighted by Crippen LogP contribution is -2.46. The van der Waals surface area contributed by atoms with Crippen LogP contribution < -0.4 is 10.1 Å². The Kier molecular flexibility index (Phi) is 4.81. The van der Waals surface area contributed by atoms with Gasteiger partial charge in [0.25, 0.3) is 0 Å². The van der Waals surface area contributed by atoms with Gasteiger partial charge in [-0.2, -0.15) is 0 Å². The first kappa shape index (κ1) is 14.2. The highest BCUT2D eigenvalue weighted by molar-refractivity contribution is 6.32. The number of benzene rings is 1. The fourth-order valence-corrected chi connectivity index (χ4v) is 3.59. The molecule has 110 valence electrons. The summed E-state index contributed by atoms with van der Waals surface area (Å²) in [5, 5.41) is 4.32. The van der Waals surface area contributed by atoms with Crippen molar-refractivity contribution in [1.29, 1.82) is 0 Å². The maximum absolute atomic E-state index is 6.06. The molecule has 0 bridgehead atoms. The minimum atomic E-state index is 0.657. The largest absolute Gasteiger partial charge is 0.491 e. The number of hydrogen-bond acceptors (Lipinski definition) is 3. The Labute approximate surface area is 126 Å². The summed E-state index contributed by atoms with van der Waals surface area (Å²) < 4.78 is 5.71. The monoisotopic (exact) mass is 294 g/mol. The molecule has 0 aliphatic carbocycles. The minimum Gasteiger partial charge on any atom is -0.491 e. The van der Waals surface area contributed by atoms with Crippen molar-refractivity contribution in [3.8, 4) is 5.75 Å². The lowest BCUT2D eigenvalue weighted by Gasteiger charge is -2.35. The summed E-state index contributed by atoms with van der Waals surface area (Å²) >= 11 is 6.06. The lowest BCUT2D eigenvalue weighted by molar-refractivity contribution is 0.163. The highest BCUT2D eigenvalue weighted by atomic mass is 35.5. The number of piperidine rings is 1. The summed E-state index contributed by atoms with van der Waals surface area (Å²) in [6.07, 6.45) is 5.33. The normalized spacial score (nSPS) is 26.4. The van der Waals surface area contributed by atoms with Crippen LogP contribution in [0.3, 0.4) is 0 Å². The van der Waals surface area contributed by atoms with E-state index in [0.717, 1.165) is 18.3 Å². The summed E-state index contributed by atoms with van der Waals surface area (Å²) in [6, 6.07) is 9.13. The van der Waals surface area contributed by atoms with Crippen molar-refractivity contribution in [2.45, 2.75) is 37.8 Å². The van der Waals surface area contributed by atoms with Crippen molar-refractivity contribution in [2.75, 3.05) is 26.2 Å². The topological polar surface area (TPSA) is 24.5 Å². The standard InChI is InChI=1S/C16H23ClN2O/c17-15-5-1-2-6-16(15)20-11-8-18-13-7-10-19-9-3-4-14(19)12-13/h1-2,5-6,13-14,18H,3-4,7-12H2/t13-,14-/m1/s1. The van der Waals surface area contributed by atoms with E-state index in [1.54, 1.807) is 0 Å². The van der Waals surface area contributed by atoms with Gasteiger partial charge < -0.3 is 15.0 Å². The smallest absolute Gasteiger partial charge is 0.137 e. The van der Waals surface area contributed by atoms with E-state index < -0.39 is 0 Å². The van der Waals surface area contributed by atoms with Crippen molar-refractivity contribution in [3.05, 3.63) is 29.3 Å². The molecular formula is C16H23ClN2O. The van der Waals surface area contributed by atoms with E-state index in [4.69, 9.17) is 16.3 Å². The van der Waals surface area contributed by atoms with Crippen molar-refractivity contribution in [3.63, 3.8) is 0 Å². The molecule has 2 saturated heterocycles. The molecule has 0 radical (unpaired) electrons. The van der Waals surface area contributed by atoms with Gasteiger partial charge in [0.1, 0.15) is 12.4 Å². The van der Waals surface area contributed by atoms with Gasteiger partial charge in [-0.05, 0) is 50.9 Å². The van der Waals surface area contributed by atoms with E-state index in [-0.39, 0.29) is 0 Å². The SMILES string of the molecule is Clc1ccccc1OCCN[C@@H]1CCN2CCC[C@@H]2C1. The Morgan fingerprint density at radius 2 is 2.15 bits per heavy atom. The van der Waals surface area contributed by atoms with Gasteiger partial charge in [0.15, 0.2) is 0 Å². The highest BCUT2D eigenvalue weighted by Crippen LogP contribution is 2.27. The second-order valence-electron chi connectivity index (χ2n) is 5.79. The molecule has 0 amide bonds. The summed E-state index contributed by atoms with van der Waals surface area (Å²) in [5.74, 6) is 0.779. The molecule has 4 heteroatoms. The van der Waals surface area contributed by atoms with Crippen LogP contribution in [0, 0.1) is 0 Å². The van der Waals surface area contributed by atoms with E-state index in [0.29, 0.717) is 17.7 Å². The fourth-order valence-electron chi connectivity index (χ4n) is 3.40. The number of rotatable bonds is 5. The van der Waals surface area contributed by atoms with Gasteiger partial charge in [-0.25, -0.2) is 0 Å². The van der Waals surface area contributed by atoms with Crippen LogP contribution in [-0.4, -0.2) is 43.2 Å². The molecule has 1 aromatic carbocycles. The summed E-state index contributed by atoms with van der Waals surface area (Å²) in [7, 11) is 0. The first-order chi connectivity index (χ1) is 9.83. The van der Waals surface area contributed by atoms with Crippen LogP contribution >= 0.6 is 11.6 Å². The Hall–Kier alpha value is -0.770. The Morgan fingerprint density at radius 3 is 3.05 bits per heavy atom. The molecule has 0 spiro atoms. The molecule has 2 aliphatic heterocycles. The number of hydrogen-bond donors (Lipinski definition) is 1. The molecule has 20 heavy (non-hydrogen) atoms.